The second-order valence-corrected chi connectivity index (χ2v) is 7.17. The van der Waals surface area contributed by atoms with Crippen LogP contribution in [-0.2, 0) is 12.8 Å². The molecule has 1 amide bonds. The predicted octanol–water partition coefficient (Wildman–Crippen LogP) is 4.41. The van der Waals surface area contributed by atoms with Crippen molar-refractivity contribution in [1.29, 1.82) is 0 Å². The number of anilines is 1. The number of aryl methyl sites for hydroxylation is 2. The van der Waals surface area contributed by atoms with Crippen molar-refractivity contribution >= 4 is 54.2 Å². The lowest BCUT2D eigenvalue weighted by Crippen LogP contribution is -2.12. The second kappa shape index (κ2) is 5.34. The van der Waals surface area contributed by atoms with Crippen molar-refractivity contribution < 1.29 is 4.79 Å². The van der Waals surface area contributed by atoms with Crippen LogP contribution in [0.4, 0.5) is 5.13 Å². The standard InChI is InChI=1S/C13H10Br2N2OS/c14-7-4-5-9(15)8(6-7)12(18)17-13-16-10-2-1-3-11(10)19-13/h4-6H,1-3H2,(H,16,17,18). The molecular weight excluding hydrogens is 392 g/mol. The first-order valence-electron chi connectivity index (χ1n) is 5.88. The molecule has 98 valence electrons. The molecule has 0 spiro atoms. The van der Waals surface area contributed by atoms with E-state index in [1.807, 2.05) is 12.1 Å². The summed E-state index contributed by atoms with van der Waals surface area (Å²) in [5, 5.41) is 3.57. The van der Waals surface area contributed by atoms with Gasteiger partial charge in [0, 0.05) is 13.8 Å². The Kier molecular flexibility index (Phi) is 3.73. The van der Waals surface area contributed by atoms with E-state index in [1.54, 1.807) is 17.4 Å². The first kappa shape index (κ1) is 13.3. The van der Waals surface area contributed by atoms with Gasteiger partial charge < -0.3 is 0 Å². The van der Waals surface area contributed by atoms with Crippen LogP contribution in [0.2, 0.25) is 0 Å². The van der Waals surface area contributed by atoms with E-state index in [0.717, 1.165) is 27.5 Å². The first-order valence-corrected chi connectivity index (χ1v) is 8.29. The van der Waals surface area contributed by atoms with Crippen LogP contribution in [0.15, 0.2) is 27.1 Å². The number of benzene rings is 1. The summed E-state index contributed by atoms with van der Waals surface area (Å²) in [6.45, 7) is 0. The molecule has 0 saturated heterocycles. The van der Waals surface area contributed by atoms with Gasteiger partial charge in [-0.3, -0.25) is 10.1 Å². The topological polar surface area (TPSA) is 42.0 Å². The van der Waals surface area contributed by atoms with Gasteiger partial charge in [0.05, 0.1) is 11.3 Å². The van der Waals surface area contributed by atoms with Crippen LogP contribution in [0.25, 0.3) is 0 Å². The molecule has 1 aromatic heterocycles. The average Bonchev–Trinajstić information content (AvgIpc) is 2.92. The number of nitrogens with zero attached hydrogens (tertiary/aromatic N) is 1. The number of aromatic nitrogens is 1. The second-order valence-electron chi connectivity index (χ2n) is 4.32. The maximum atomic E-state index is 12.2. The highest BCUT2D eigenvalue weighted by atomic mass is 79.9. The van der Waals surface area contributed by atoms with Crippen LogP contribution in [-0.4, -0.2) is 10.9 Å². The molecule has 1 heterocycles. The zero-order valence-corrected chi connectivity index (χ0v) is 13.9. The zero-order valence-electron chi connectivity index (χ0n) is 9.87. The minimum absolute atomic E-state index is 0.138. The maximum Gasteiger partial charge on any atom is 0.258 e. The number of halogens is 2. The van der Waals surface area contributed by atoms with E-state index in [2.05, 4.69) is 42.2 Å². The van der Waals surface area contributed by atoms with Crippen molar-refractivity contribution in [1.82, 2.24) is 4.98 Å². The van der Waals surface area contributed by atoms with E-state index in [-0.39, 0.29) is 5.91 Å². The molecule has 0 aliphatic heterocycles. The summed E-state index contributed by atoms with van der Waals surface area (Å²) in [6, 6.07) is 5.53. The lowest BCUT2D eigenvalue weighted by Gasteiger charge is -2.05. The van der Waals surface area contributed by atoms with E-state index < -0.39 is 0 Å². The molecular formula is C13H10Br2N2OS. The third kappa shape index (κ3) is 2.75. The lowest BCUT2D eigenvalue weighted by atomic mass is 10.2. The largest absolute Gasteiger partial charge is 0.298 e. The summed E-state index contributed by atoms with van der Waals surface area (Å²) < 4.78 is 1.65. The number of rotatable bonds is 2. The summed E-state index contributed by atoms with van der Waals surface area (Å²) in [6.07, 6.45) is 3.30. The molecule has 6 heteroatoms. The molecule has 0 unspecified atom stereocenters. The first-order chi connectivity index (χ1) is 9.13. The van der Waals surface area contributed by atoms with Crippen molar-refractivity contribution in [3.63, 3.8) is 0 Å². The van der Waals surface area contributed by atoms with Crippen LogP contribution in [0.1, 0.15) is 27.3 Å². The van der Waals surface area contributed by atoms with Gasteiger partial charge in [0.25, 0.3) is 5.91 Å². The quantitative estimate of drug-likeness (QED) is 0.809. The van der Waals surface area contributed by atoms with Crippen LogP contribution in [0.3, 0.4) is 0 Å². The smallest absolute Gasteiger partial charge is 0.258 e. The summed E-state index contributed by atoms with van der Waals surface area (Å²) in [5.41, 5.74) is 1.75. The van der Waals surface area contributed by atoms with E-state index in [4.69, 9.17) is 0 Å². The molecule has 0 saturated carbocycles. The fraction of sp³-hybridized carbons (Fsp3) is 0.231. The maximum absolute atomic E-state index is 12.2. The van der Waals surface area contributed by atoms with Gasteiger partial charge in [-0.15, -0.1) is 11.3 Å². The molecule has 3 rings (SSSR count). The zero-order chi connectivity index (χ0) is 13.4. The number of nitrogens with one attached hydrogen (secondary N) is 1. The fourth-order valence-corrected chi connectivity index (χ4v) is 3.91. The van der Waals surface area contributed by atoms with Gasteiger partial charge in [-0.05, 0) is 53.4 Å². The predicted molar refractivity (Wildman–Crippen MR) is 83.9 cm³/mol. The van der Waals surface area contributed by atoms with Gasteiger partial charge in [-0.1, -0.05) is 15.9 Å². The molecule has 1 N–H and O–H groups in total. The molecule has 1 aliphatic carbocycles. The number of hydrogen-bond acceptors (Lipinski definition) is 3. The summed E-state index contributed by atoms with van der Waals surface area (Å²) >= 11 is 8.35. The number of carbonyl (C=O) groups excluding carboxylic acids is 1. The van der Waals surface area contributed by atoms with E-state index in [1.165, 1.54) is 11.3 Å². The van der Waals surface area contributed by atoms with Gasteiger partial charge in [0.15, 0.2) is 5.13 Å². The Morgan fingerprint density at radius 1 is 1.32 bits per heavy atom. The van der Waals surface area contributed by atoms with Crippen LogP contribution < -0.4 is 5.32 Å². The third-order valence-electron chi connectivity index (χ3n) is 2.99. The Bertz CT molecular complexity index is 633. The van der Waals surface area contributed by atoms with Gasteiger partial charge in [0.2, 0.25) is 0 Å². The monoisotopic (exact) mass is 400 g/mol. The highest BCUT2D eigenvalue weighted by Crippen LogP contribution is 2.31. The van der Waals surface area contributed by atoms with Crippen molar-refractivity contribution in [2.45, 2.75) is 19.3 Å². The normalized spacial score (nSPS) is 13.4. The SMILES string of the molecule is O=C(Nc1nc2c(s1)CCC2)c1cc(Br)ccc1Br. The highest BCUT2D eigenvalue weighted by molar-refractivity contribution is 9.11. The van der Waals surface area contributed by atoms with E-state index in [9.17, 15) is 4.79 Å². The van der Waals surface area contributed by atoms with Crippen molar-refractivity contribution in [3.8, 4) is 0 Å². The Labute approximate surface area is 131 Å². The summed E-state index contributed by atoms with van der Waals surface area (Å²) in [5.74, 6) is -0.138. The van der Waals surface area contributed by atoms with Crippen LogP contribution in [0, 0.1) is 0 Å². The Morgan fingerprint density at radius 3 is 2.95 bits per heavy atom. The fourth-order valence-electron chi connectivity index (χ4n) is 2.08. The van der Waals surface area contributed by atoms with Crippen molar-refractivity contribution in [2.75, 3.05) is 5.32 Å². The molecule has 0 bridgehead atoms. The van der Waals surface area contributed by atoms with E-state index in [0.29, 0.717) is 10.7 Å². The van der Waals surface area contributed by atoms with Gasteiger partial charge >= 0.3 is 0 Å². The minimum atomic E-state index is -0.138. The average molecular weight is 402 g/mol. The van der Waals surface area contributed by atoms with Crippen molar-refractivity contribution in [3.05, 3.63) is 43.3 Å². The number of fused-ring (bicyclic) bond motifs is 1. The molecule has 2 aromatic rings. The lowest BCUT2D eigenvalue weighted by molar-refractivity contribution is 0.102. The van der Waals surface area contributed by atoms with E-state index >= 15 is 0 Å². The number of carbonyl (C=O) groups is 1. The number of thiazole rings is 1. The molecule has 1 aliphatic rings. The van der Waals surface area contributed by atoms with Gasteiger partial charge in [0.1, 0.15) is 0 Å². The summed E-state index contributed by atoms with van der Waals surface area (Å²) in [7, 11) is 0. The van der Waals surface area contributed by atoms with Crippen molar-refractivity contribution in [2.24, 2.45) is 0 Å². The number of amides is 1. The molecule has 3 nitrogen and oxygen atoms in total. The van der Waals surface area contributed by atoms with Crippen LogP contribution >= 0.6 is 43.2 Å². The molecule has 0 radical (unpaired) electrons. The summed E-state index contributed by atoms with van der Waals surface area (Å²) in [4.78, 5) is 18.0. The molecule has 0 atom stereocenters. The Hall–Kier alpha value is -0.720. The molecule has 19 heavy (non-hydrogen) atoms. The Morgan fingerprint density at radius 2 is 2.16 bits per heavy atom. The highest BCUT2D eigenvalue weighted by Gasteiger charge is 2.19. The molecule has 0 fully saturated rings. The minimum Gasteiger partial charge on any atom is -0.298 e. The van der Waals surface area contributed by atoms with Gasteiger partial charge in [-0.25, -0.2) is 4.98 Å². The van der Waals surface area contributed by atoms with Gasteiger partial charge in [-0.2, -0.15) is 0 Å². The Balaban J connectivity index is 1.82. The number of hydrogen-bond donors (Lipinski definition) is 1. The van der Waals surface area contributed by atoms with Crippen LogP contribution in [0.5, 0.6) is 0 Å². The third-order valence-corrected chi connectivity index (χ3v) is 5.25. The molecule has 1 aromatic carbocycles.